The van der Waals surface area contributed by atoms with Crippen LogP contribution in [0.25, 0.3) is 11.6 Å². The van der Waals surface area contributed by atoms with Crippen LogP contribution in [0.2, 0.25) is 0 Å². The van der Waals surface area contributed by atoms with Crippen molar-refractivity contribution in [3.8, 4) is 11.6 Å². The van der Waals surface area contributed by atoms with Gasteiger partial charge in [-0.25, -0.2) is 4.98 Å². The van der Waals surface area contributed by atoms with Gasteiger partial charge in [0.05, 0.1) is 12.8 Å². The number of rotatable bonds is 8. The largest absolute Gasteiger partial charge is 0.461 e. The number of benzene rings is 1. The second kappa shape index (κ2) is 9.21. The second-order valence-corrected chi connectivity index (χ2v) is 7.20. The van der Waals surface area contributed by atoms with Crippen LogP contribution in [0.5, 0.6) is 0 Å². The molecule has 148 valence electrons. The van der Waals surface area contributed by atoms with E-state index in [1.165, 1.54) is 5.56 Å². The van der Waals surface area contributed by atoms with E-state index in [0.717, 1.165) is 18.3 Å². The smallest absolute Gasteiger partial charge is 0.216 e. The van der Waals surface area contributed by atoms with Crippen LogP contribution in [-0.4, -0.2) is 40.8 Å². The third-order valence-electron chi connectivity index (χ3n) is 4.46. The molecule has 3 rings (SSSR count). The monoisotopic (exact) mass is 380 g/mol. The summed E-state index contributed by atoms with van der Waals surface area (Å²) >= 11 is 0. The molecule has 0 radical (unpaired) electrons. The van der Waals surface area contributed by atoms with Crippen LogP contribution >= 0.6 is 0 Å². The fourth-order valence-corrected chi connectivity index (χ4v) is 2.82. The van der Waals surface area contributed by atoms with Crippen molar-refractivity contribution in [1.29, 1.82) is 0 Å². The highest BCUT2D eigenvalue weighted by atomic mass is 16.3. The van der Waals surface area contributed by atoms with Crippen LogP contribution in [0, 0.1) is 0 Å². The minimum Gasteiger partial charge on any atom is -0.461 e. The van der Waals surface area contributed by atoms with E-state index in [4.69, 9.17) is 9.41 Å². The Balaban J connectivity index is 1.55. The van der Waals surface area contributed by atoms with E-state index in [9.17, 15) is 0 Å². The maximum absolute atomic E-state index is 5.32. The van der Waals surface area contributed by atoms with Crippen molar-refractivity contribution >= 4 is 5.96 Å². The molecule has 0 atom stereocenters. The van der Waals surface area contributed by atoms with Crippen LogP contribution in [0.1, 0.15) is 32.2 Å². The van der Waals surface area contributed by atoms with Crippen LogP contribution in [0.15, 0.2) is 58.1 Å². The van der Waals surface area contributed by atoms with E-state index >= 15 is 0 Å². The van der Waals surface area contributed by atoms with Gasteiger partial charge in [0.15, 0.2) is 11.7 Å². The maximum Gasteiger partial charge on any atom is 0.216 e. The van der Waals surface area contributed by atoms with Gasteiger partial charge in [-0.3, -0.25) is 10.1 Å². The molecule has 2 heterocycles. The Bertz CT molecular complexity index is 867. The van der Waals surface area contributed by atoms with Gasteiger partial charge in [-0.2, -0.15) is 5.10 Å². The van der Waals surface area contributed by atoms with Gasteiger partial charge in [-0.1, -0.05) is 44.2 Å². The molecule has 0 saturated heterocycles. The Morgan fingerprint density at radius 1 is 1.14 bits per heavy atom. The first-order valence-electron chi connectivity index (χ1n) is 9.61. The van der Waals surface area contributed by atoms with E-state index in [1.807, 2.05) is 18.2 Å². The molecule has 7 nitrogen and oxygen atoms in total. The predicted octanol–water partition coefficient (Wildman–Crippen LogP) is 3.14. The zero-order valence-electron chi connectivity index (χ0n) is 16.7. The van der Waals surface area contributed by atoms with Crippen molar-refractivity contribution in [2.24, 2.45) is 4.99 Å². The fraction of sp³-hybridized carbons (Fsp3) is 0.381. The predicted molar refractivity (Wildman–Crippen MR) is 111 cm³/mol. The molecular weight excluding hydrogens is 352 g/mol. The zero-order valence-corrected chi connectivity index (χ0v) is 16.7. The van der Waals surface area contributed by atoms with Gasteiger partial charge in [0, 0.05) is 24.9 Å². The Kier molecular flexibility index (Phi) is 6.47. The van der Waals surface area contributed by atoms with Gasteiger partial charge < -0.3 is 15.1 Å². The second-order valence-electron chi connectivity index (χ2n) is 7.20. The lowest BCUT2D eigenvalue weighted by atomic mass is 9.85. The van der Waals surface area contributed by atoms with Crippen molar-refractivity contribution in [2.75, 3.05) is 19.6 Å². The highest BCUT2D eigenvalue weighted by molar-refractivity contribution is 5.79. The Labute approximate surface area is 165 Å². The summed E-state index contributed by atoms with van der Waals surface area (Å²) in [4.78, 5) is 9.23. The summed E-state index contributed by atoms with van der Waals surface area (Å²) in [6.07, 6.45) is 2.32. The number of furan rings is 1. The zero-order chi connectivity index (χ0) is 19.8. The lowest BCUT2D eigenvalue weighted by molar-refractivity contribution is 0.537. The summed E-state index contributed by atoms with van der Waals surface area (Å²) < 4.78 is 5.32. The van der Waals surface area contributed by atoms with Gasteiger partial charge in [0.2, 0.25) is 5.82 Å². The Morgan fingerprint density at radius 3 is 2.68 bits per heavy atom. The van der Waals surface area contributed by atoms with Crippen LogP contribution in [0.3, 0.4) is 0 Å². The topological polar surface area (TPSA) is 91.1 Å². The molecule has 1 aromatic carbocycles. The molecule has 0 spiro atoms. The molecule has 0 amide bonds. The van der Waals surface area contributed by atoms with Crippen molar-refractivity contribution in [2.45, 2.75) is 32.6 Å². The number of guanidine groups is 1. The van der Waals surface area contributed by atoms with Gasteiger partial charge in [-0.05, 0) is 24.6 Å². The molecule has 0 aliphatic carbocycles. The normalized spacial score (nSPS) is 12.2. The minimum absolute atomic E-state index is 0.0352. The molecule has 28 heavy (non-hydrogen) atoms. The summed E-state index contributed by atoms with van der Waals surface area (Å²) in [6.45, 7) is 8.68. The number of hydrogen-bond acceptors (Lipinski definition) is 4. The van der Waals surface area contributed by atoms with Crippen LogP contribution in [0.4, 0.5) is 0 Å². The molecule has 0 bridgehead atoms. The van der Waals surface area contributed by atoms with Gasteiger partial charge in [0.1, 0.15) is 5.82 Å². The quantitative estimate of drug-likeness (QED) is 0.412. The third-order valence-corrected chi connectivity index (χ3v) is 4.46. The fourth-order valence-electron chi connectivity index (χ4n) is 2.82. The molecule has 2 aromatic heterocycles. The van der Waals surface area contributed by atoms with Gasteiger partial charge >= 0.3 is 0 Å². The molecule has 3 N–H and O–H groups in total. The first-order chi connectivity index (χ1) is 13.6. The van der Waals surface area contributed by atoms with Crippen molar-refractivity contribution in [3.05, 3.63) is 60.1 Å². The average Bonchev–Trinajstić information content (AvgIpc) is 3.39. The maximum atomic E-state index is 5.32. The number of nitrogens with zero attached hydrogens (tertiary/aromatic N) is 3. The van der Waals surface area contributed by atoms with Gasteiger partial charge in [0.25, 0.3) is 0 Å². The number of hydrogen-bond donors (Lipinski definition) is 3. The molecule has 0 fully saturated rings. The molecule has 0 unspecified atom stereocenters. The standard InChI is InChI=1S/C21H28N6O/c1-4-22-20(24-15-21(2,3)16-9-6-5-7-10-16)23-13-12-18-25-19(27-26-18)17-11-8-14-28-17/h5-11,14H,4,12-13,15H2,1-3H3,(H2,22,23,24)(H,25,26,27). The summed E-state index contributed by atoms with van der Waals surface area (Å²) in [5, 5.41) is 13.8. The van der Waals surface area contributed by atoms with Crippen LogP contribution < -0.4 is 10.6 Å². The van der Waals surface area contributed by atoms with Crippen molar-refractivity contribution < 1.29 is 4.42 Å². The first-order valence-corrected chi connectivity index (χ1v) is 9.61. The molecule has 0 aliphatic rings. The van der Waals surface area contributed by atoms with Crippen molar-refractivity contribution in [3.63, 3.8) is 0 Å². The van der Waals surface area contributed by atoms with E-state index in [0.29, 0.717) is 31.1 Å². The first kappa shape index (κ1) is 19.7. The minimum atomic E-state index is -0.0352. The SMILES string of the molecule is CCNC(=NCC(C)(C)c1ccccc1)NCCc1nc(-c2ccco2)n[nH]1. The van der Waals surface area contributed by atoms with Gasteiger partial charge in [-0.15, -0.1) is 0 Å². The summed E-state index contributed by atoms with van der Waals surface area (Å²) in [6, 6.07) is 14.1. The lowest BCUT2D eigenvalue weighted by Gasteiger charge is -2.23. The highest BCUT2D eigenvalue weighted by Crippen LogP contribution is 2.23. The number of H-pyrrole nitrogens is 1. The summed E-state index contributed by atoms with van der Waals surface area (Å²) in [7, 11) is 0. The third kappa shape index (κ3) is 5.22. The Hall–Kier alpha value is -3.09. The summed E-state index contributed by atoms with van der Waals surface area (Å²) in [5.74, 6) is 2.84. The highest BCUT2D eigenvalue weighted by Gasteiger charge is 2.20. The number of aromatic amines is 1. The van der Waals surface area contributed by atoms with E-state index < -0.39 is 0 Å². The Morgan fingerprint density at radius 2 is 1.96 bits per heavy atom. The average molecular weight is 380 g/mol. The number of aromatic nitrogens is 3. The molecule has 0 saturated carbocycles. The van der Waals surface area contributed by atoms with E-state index in [1.54, 1.807) is 6.26 Å². The molecule has 0 aliphatic heterocycles. The van der Waals surface area contributed by atoms with Crippen molar-refractivity contribution in [1.82, 2.24) is 25.8 Å². The molecule has 3 aromatic rings. The number of nitrogens with one attached hydrogen (secondary N) is 3. The lowest BCUT2D eigenvalue weighted by Crippen LogP contribution is -2.39. The number of aliphatic imine (C=N–C) groups is 1. The van der Waals surface area contributed by atoms with E-state index in [-0.39, 0.29) is 5.41 Å². The molecular formula is C21H28N6O. The molecule has 7 heteroatoms. The van der Waals surface area contributed by atoms with E-state index in [2.05, 4.69) is 70.9 Å². The van der Waals surface area contributed by atoms with Crippen LogP contribution in [-0.2, 0) is 11.8 Å². The summed E-state index contributed by atoms with van der Waals surface area (Å²) in [5.41, 5.74) is 1.24.